The molecule has 0 fully saturated rings. The fourth-order valence-electron chi connectivity index (χ4n) is 3.56. The largest absolute Gasteiger partial charge is 0.505 e. The number of phenolic OH excluding ortho intramolecular Hbond substituents is 1. The normalized spacial score (nSPS) is 11.4. The minimum absolute atomic E-state index is 0. The first-order chi connectivity index (χ1) is 17.1. The molecule has 0 aromatic heterocycles. The van der Waals surface area contributed by atoms with E-state index in [1.165, 1.54) is 25.3 Å². The van der Waals surface area contributed by atoms with Gasteiger partial charge in [0.2, 0.25) is 0 Å². The molecule has 9 nitrogen and oxygen atoms in total. The van der Waals surface area contributed by atoms with Crippen molar-refractivity contribution in [2.24, 2.45) is 10.2 Å². The van der Waals surface area contributed by atoms with Crippen molar-refractivity contribution in [3.63, 3.8) is 0 Å². The molecule has 0 unspecified atom stereocenters. The van der Waals surface area contributed by atoms with Crippen LogP contribution in [0.1, 0.15) is 15.9 Å². The third kappa shape index (κ3) is 6.12. The Morgan fingerprint density at radius 2 is 1.70 bits per heavy atom. The van der Waals surface area contributed by atoms with Gasteiger partial charge >= 0.3 is 0 Å². The molecular weight excluding hydrogens is 529 g/mol. The smallest absolute Gasteiger partial charge is 0.296 e. The van der Waals surface area contributed by atoms with Gasteiger partial charge in [-0.3, -0.25) is 9.35 Å². The number of nitrogens with one attached hydrogen (secondary N) is 1. The average molecular weight is 549 g/mol. The maximum atomic E-state index is 13.1. The van der Waals surface area contributed by atoms with Gasteiger partial charge in [-0.2, -0.15) is 8.42 Å². The van der Waals surface area contributed by atoms with Gasteiger partial charge in [0.15, 0.2) is 5.75 Å². The maximum absolute atomic E-state index is 13.1. The average Bonchev–Trinajstić information content (AvgIpc) is 2.84. The Hall–Kier alpha value is -2.99. The molecule has 0 saturated heterocycles. The van der Waals surface area contributed by atoms with Crippen LogP contribution in [0.4, 0.5) is 17.1 Å². The maximum Gasteiger partial charge on any atom is 0.296 e. The first-order valence-electron chi connectivity index (χ1n) is 10.5. The SMILES string of the molecule is COc1ccccc1NC(=O)c1cc2ccccc2c(N=Nc2cc(Cl)c(C)cc2S(=O)(=O)O)c1O.[Na]. The number of ether oxygens (including phenoxy) is 1. The van der Waals surface area contributed by atoms with Gasteiger partial charge in [-0.05, 0) is 48.2 Å². The van der Waals surface area contributed by atoms with Crippen molar-refractivity contribution in [1.82, 2.24) is 0 Å². The van der Waals surface area contributed by atoms with Gasteiger partial charge in [0.25, 0.3) is 16.0 Å². The molecule has 0 bridgehead atoms. The summed E-state index contributed by atoms with van der Waals surface area (Å²) in [6.45, 7) is 1.57. The Balaban J connectivity index is 0.00000380. The number of aromatic hydroxyl groups is 1. The fourth-order valence-corrected chi connectivity index (χ4v) is 4.41. The number of amides is 1. The number of para-hydroxylation sites is 2. The molecule has 37 heavy (non-hydrogen) atoms. The van der Waals surface area contributed by atoms with Gasteiger partial charge in [0, 0.05) is 40.0 Å². The summed E-state index contributed by atoms with van der Waals surface area (Å²) in [5.41, 5.74) is 0.404. The molecule has 4 aromatic carbocycles. The van der Waals surface area contributed by atoms with Crippen LogP contribution in [0.25, 0.3) is 10.8 Å². The predicted molar refractivity (Wildman–Crippen MR) is 142 cm³/mol. The Morgan fingerprint density at radius 1 is 1.03 bits per heavy atom. The van der Waals surface area contributed by atoms with Gasteiger partial charge in [-0.25, -0.2) is 0 Å². The van der Waals surface area contributed by atoms with Gasteiger partial charge in [-0.1, -0.05) is 48.0 Å². The minimum atomic E-state index is -4.64. The molecule has 0 aliphatic rings. The van der Waals surface area contributed by atoms with Crippen molar-refractivity contribution in [2.75, 3.05) is 12.4 Å². The molecule has 0 spiro atoms. The second-order valence-corrected chi connectivity index (χ2v) is 9.54. The number of azo groups is 1. The number of fused-ring (bicyclic) bond motifs is 1. The van der Waals surface area contributed by atoms with E-state index in [9.17, 15) is 22.9 Å². The second kappa shape index (κ2) is 11.6. The van der Waals surface area contributed by atoms with E-state index in [4.69, 9.17) is 16.3 Å². The quantitative estimate of drug-likeness (QED) is 0.152. The van der Waals surface area contributed by atoms with Crippen molar-refractivity contribution < 1.29 is 27.6 Å². The summed E-state index contributed by atoms with van der Waals surface area (Å²) < 4.78 is 38.6. The number of benzene rings is 4. The van der Waals surface area contributed by atoms with E-state index in [0.717, 1.165) is 0 Å². The molecule has 0 saturated carbocycles. The van der Waals surface area contributed by atoms with E-state index >= 15 is 0 Å². The molecule has 1 amide bonds. The van der Waals surface area contributed by atoms with E-state index in [-0.39, 0.29) is 51.5 Å². The number of rotatable bonds is 6. The molecule has 3 N–H and O–H groups in total. The first-order valence-corrected chi connectivity index (χ1v) is 12.3. The van der Waals surface area contributed by atoms with Crippen LogP contribution in [-0.4, -0.2) is 60.7 Å². The number of hydrogen-bond donors (Lipinski definition) is 3. The molecular formula is C25H20ClN3NaO6S. The van der Waals surface area contributed by atoms with Gasteiger partial charge < -0.3 is 15.2 Å². The molecule has 4 rings (SSSR count). The summed E-state index contributed by atoms with van der Waals surface area (Å²) >= 11 is 6.12. The summed E-state index contributed by atoms with van der Waals surface area (Å²) in [7, 11) is -3.18. The number of carbonyl (C=O) groups excluding carboxylic acids is 1. The number of halogens is 1. The van der Waals surface area contributed by atoms with Crippen LogP contribution in [0.15, 0.2) is 81.9 Å². The molecule has 185 valence electrons. The first kappa shape index (κ1) is 28.6. The zero-order valence-electron chi connectivity index (χ0n) is 20.1. The summed E-state index contributed by atoms with van der Waals surface area (Å²) in [4.78, 5) is 12.6. The molecule has 12 heteroatoms. The van der Waals surface area contributed by atoms with Crippen LogP contribution in [0.2, 0.25) is 5.02 Å². The zero-order chi connectivity index (χ0) is 26.0. The second-order valence-electron chi connectivity index (χ2n) is 7.74. The molecule has 0 aliphatic heterocycles. The molecule has 0 heterocycles. The Bertz CT molecular complexity index is 1640. The van der Waals surface area contributed by atoms with Crippen molar-refractivity contribution >= 4 is 85.0 Å². The van der Waals surface area contributed by atoms with Crippen LogP contribution in [0.5, 0.6) is 11.5 Å². The van der Waals surface area contributed by atoms with Crippen molar-refractivity contribution in [3.05, 3.63) is 82.9 Å². The van der Waals surface area contributed by atoms with Gasteiger partial charge in [0.05, 0.1) is 18.4 Å². The zero-order valence-corrected chi connectivity index (χ0v) is 23.6. The topological polar surface area (TPSA) is 138 Å². The Kier molecular flexibility index (Phi) is 8.96. The number of phenols is 1. The number of nitrogens with zero attached hydrogens (tertiary/aromatic N) is 2. The Morgan fingerprint density at radius 3 is 2.41 bits per heavy atom. The van der Waals surface area contributed by atoms with E-state index < -0.39 is 26.7 Å². The summed E-state index contributed by atoms with van der Waals surface area (Å²) in [5, 5.41) is 23.0. The minimum Gasteiger partial charge on any atom is -0.505 e. The number of methoxy groups -OCH3 is 1. The summed E-state index contributed by atoms with van der Waals surface area (Å²) in [6.07, 6.45) is 0. The van der Waals surface area contributed by atoms with Crippen molar-refractivity contribution in [2.45, 2.75) is 11.8 Å². The van der Waals surface area contributed by atoms with Crippen LogP contribution >= 0.6 is 11.6 Å². The van der Waals surface area contributed by atoms with Crippen molar-refractivity contribution in [1.29, 1.82) is 0 Å². The van der Waals surface area contributed by atoms with Crippen LogP contribution < -0.4 is 10.1 Å². The molecule has 1 radical (unpaired) electrons. The van der Waals surface area contributed by atoms with Crippen LogP contribution in [0, 0.1) is 6.92 Å². The van der Waals surface area contributed by atoms with Gasteiger partial charge in [0.1, 0.15) is 22.0 Å². The van der Waals surface area contributed by atoms with Crippen LogP contribution in [-0.2, 0) is 10.1 Å². The summed E-state index contributed by atoms with van der Waals surface area (Å²) in [6, 6.07) is 17.5. The molecule has 0 atom stereocenters. The number of aryl methyl sites for hydroxylation is 1. The van der Waals surface area contributed by atoms with E-state index in [1.54, 1.807) is 55.5 Å². The fraction of sp³-hybridized carbons (Fsp3) is 0.0800. The van der Waals surface area contributed by atoms with Crippen LogP contribution in [0.3, 0.4) is 0 Å². The number of anilines is 1. The van der Waals surface area contributed by atoms with E-state index in [2.05, 4.69) is 15.5 Å². The predicted octanol–water partition coefficient (Wildman–Crippen LogP) is 6.05. The standard InChI is InChI=1S/C25H20ClN3O6S.Na/c1-14-11-22(36(32,33)34)20(13-18(14)26)28-29-23-16-8-4-3-7-15(16)12-17(24(23)30)25(31)27-19-9-5-6-10-21(19)35-2;/h3-13,30H,1-2H3,(H,27,31)(H,32,33,34);. The monoisotopic (exact) mass is 548 g/mol. The molecule has 0 aliphatic carbocycles. The molecule has 4 aromatic rings. The third-order valence-electron chi connectivity index (χ3n) is 5.37. The summed E-state index contributed by atoms with van der Waals surface area (Å²) in [5.74, 6) is -0.673. The number of hydrogen-bond acceptors (Lipinski definition) is 7. The Labute approximate surface area is 240 Å². The van der Waals surface area contributed by atoms with Crippen molar-refractivity contribution in [3.8, 4) is 11.5 Å². The third-order valence-corrected chi connectivity index (χ3v) is 6.66. The van der Waals surface area contributed by atoms with Gasteiger partial charge in [-0.15, -0.1) is 10.2 Å². The number of carbonyl (C=O) groups is 1. The van der Waals surface area contributed by atoms with E-state index in [0.29, 0.717) is 27.8 Å². The van der Waals surface area contributed by atoms with E-state index in [1.807, 2.05) is 0 Å².